The van der Waals surface area contributed by atoms with Gasteiger partial charge in [0.1, 0.15) is 9.31 Å². The molecule has 2 rings (SSSR count). The summed E-state index contributed by atoms with van der Waals surface area (Å²) in [7, 11) is 0. The third-order valence-corrected chi connectivity index (χ3v) is 3.79. The van der Waals surface area contributed by atoms with Crippen LogP contribution in [0.25, 0.3) is 6.08 Å². The topological polar surface area (TPSA) is 12.0 Å². The van der Waals surface area contributed by atoms with E-state index in [1.54, 1.807) is 12.1 Å². The first-order valence-corrected chi connectivity index (χ1v) is 6.42. The fraction of sp³-hybridized carbons (Fsp3) is 0.0909. The van der Waals surface area contributed by atoms with Gasteiger partial charge in [0.05, 0.1) is 5.56 Å². The summed E-state index contributed by atoms with van der Waals surface area (Å²) < 4.78 is 38.1. The third kappa shape index (κ3) is 3.09. The molecule has 0 spiro atoms. The molecule has 1 nitrogen and oxygen atoms in total. The van der Waals surface area contributed by atoms with Crippen LogP contribution in [0, 0.1) is 0 Å². The van der Waals surface area contributed by atoms with Gasteiger partial charge in [-0.2, -0.15) is 13.2 Å². The molecular formula is C11H6F3NS3. The lowest BCUT2D eigenvalue weighted by Gasteiger charge is -2.07. The van der Waals surface area contributed by atoms with Gasteiger partial charge in [0, 0.05) is 4.91 Å². The van der Waals surface area contributed by atoms with Gasteiger partial charge in [0.2, 0.25) is 0 Å². The summed E-state index contributed by atoms with van der Waals surface area (Å²) in [6.45, 7) is 0. The minimum atomic E-state index is -4.34. The Balaban J connectivity index is 2.33. The van der Waals surface area contributed by atoms with Gasteiger partial charge in [-0.1, -0.05) is 48.3 Å². The Bertz CT molecular complexity index is 549. The first-order chi connectivity index (χ1) is 8.36. The van der Waals surface area contributed by atoms with Crippen LogP contribution in [-0.2, 0) is 6.18 Å². The first-order valence-electron chi connectivity index (χ1n) is 4.78. The average molecular weight is 305 g/mol. The summed E-state index contributed by atoms with van der Waals surface area (Å²) in [5.41, 5.74) is -0.234. The van der Waals surface area contributed by atoms with Crippen molar-refractivity contribution in [3.63, 3.8) is 0 Å². The van der Waals surface area contributed by atoms with E-state index in [1.807, 2.05) is 0 Å². The standard InChI is InChI=1S/C11H6F3NS3/c12-11(13,14)7-3-1-2-6(4-7)5-8-9(16)15-10(17)18-8/h1-5H,(H,15,16,17)/b8-5-. The molecule has 1 fully saturated rings. The number of halogens is 3. The summed E-state index contributed by atoms with van der Waals surface area (Å²) in [4.78, 5) is 1.11. The molecule has 0 atom stereocenters. The highest BCUT2D eigenvalue weighted by Crippen LogP contribution is 2.31. The Kier molecular flexibility index (Phi) is 3.74. The molecular weight excluding hydrogens is 299 g/mol. The van der Waals surface area contributed by atoms with Crippen molar-refractivity contribution in [2.24, 2.45) is 0 Å². The van der Waals surface area contributed by atoms with E-state index in [0.717, 1.165) is 12.1 Å². The second-order valence-corrected chi connectivity index (χ2v) is 5.60. The van der Waals surface area contributed by atoms with E-state index in [2.05, 4.69) is 5.32 Å². The molecule has 1 saturated heterocycles. The largest absolute Gasteiger partial charge is 0.416 e. The molecule has 1 aromatic carbocycles. The lowest BCUT2D eigenvalue weighted by molar-refractivity contribution is -0.137. The summed E-state index contributed by atoms with van der Waals surface area (Å²) in [6.07, 6.45) is -2.75. The molecule has 94 valence electrons. The summed E-state index contributed by atoms with van der Waals surface area (Å²) in [6, 6.07) is 5.07. The predicted molar refractivity (Wildman–Crippen MR) is 75.3 cm³/mol. The van der Waals surface area contributed by atoms with Crippen molar-refractivity contribution in [2.45, 2.75) is 6.18 Å². The normalized spacial score (nSPS) is 18.3. The molecule has 0 radical (unpaired) electrons. The zero-order chi connectivity index (χ0) is 13.3. The van der Waals surface area contributed by atoms with Crippen LogP contribution in [0.2, 0.25) is 0 Å². The Morgan fingerprint density at radius 1 is 1.22 bits per heavy atom. The van der Waals surface area contributed by atoms with E-state index < -0.39 is 11.7 Å². The first kappa shape index (κ1) is 13.5. The van der Waals surface area contributed by atoms with E-state index in [-0.39, 0.29) is 0 Å². The molecule has 0 aliphatic carbocycles. The van der Waals surface area contributed by atoms with Crippen molar-refractivity contribution in [3.8, 4) is 0 Å². The number of thioether (sulfide) groups is 1. The summed E-state index contributed by atoms with van der Waals surface area (Å²) >= 11 is 11.2. The van der Waals surface area contributed by atoms with Crippen molar-refractivity contribution in [1.82, 2.24) is 5.32 Å². The van der Waals surface area contributed by atoms with E-state index in [9.17, 15) is 13.2 Å². The van der Waals surface area contributed by atoms with Crippen molar-refractivity contribution < 1.29 is 13.2 Å². The molecule has 0 amide bonds. The SMILES string of the molecule is FC(F)(F)c1cccc(/C=C2\SC(=S)NC2=S)c1. The maximum atomic E-state index is 12.5. The van der Waals surface area contributed by atoms with Crippen molar-refractivity contribution in [1.29, 1.82) is 0 Å². The molecule has 0 saturated carbocycles. The number of benzene rings is 1. The molecule has 1 aromatic rings. The molecule has 1 aliphatic rings. The van der Waals surface area contributed by atoms with E-state index in [0.29, 0.717) is 19.8 Å². The summed E-state index contributed by atoms with van der Waals surface area (Å²) in [5.74, 6) is 0. The average Bonchev–Trinajstić information content (AvgIpc) is 2.56. The molecule has 0 unspecified atom stereocenters. The van der Waals surface area contributed by atoms with Crippen LogP contribution < -0.4 is 5.32 Å². The van der Waals surface area contributed by atoms with Crippen LogP contribution in [0.3, 0.4) is 0 Å². The Hall–Kier alpha value is -0.920. The fourth-order valence-corrected chi connectivity index (χ4v) is 2.86. The molecule has 1 aliphatic heterocycles. The predicted octanol–water partition coefficient (Wildman–Crippen LogP) is 4.00. The van der Waals surface area contributed by atoms with Crippen LogP contribution in [0.4, 0.5) is 13.2 Å². The second kappa shape index (κ2) is 4.99. The second-order valence-electron chi connectivity index (χ2n) is 3.48. The van der Waals surface area contributed by atoms with Crippen LogP contribution in [0.1, 0.15) is 11.1 Å². The van der Waals surface area contributed by atoms with Gasteiger partial charge in [-0.3, -0.25) is 0 Å². The van der Waals surface area contributed by atoms with Crippen molar-refractivity contribution in [3.05, 3.63) is 40.3 Å². The number of hydrogen-bond donors (Lipinski definition) is 1. The van der Waals surface area contributed by atoms with Gasteiger partial charge >= 0.3 is 6.18 Å². The van der Waals surface area contributed by atoms with Crippen LogP contribution >= 0.6 is 36.2 Å². The van der Waals surface area contributed by atoms with Crippen LogP contribution in [-0.4, -0.2) is 9.31 Å². The Labute approximate surface area is 116 Å². The highest BCUT2D eigenvalue weighted by molar-refractivity contribution is 8.27. The van der Waals surface area contributed by atoms with Gasteiger partial charge in [0.15, 0.2) is 0 Å². The monoisotopic (exact) mass is 305 g/mol. The molecule has 0 aromatic heterocycles. The van der Waals surface area contributed by atoms with Crippen LogP contribution in [0.15, 0.2) is 29.2 Å². The van der Waals surface area contributed by atoms with Gasteiger partial charge in [0.25, 0.3) is 0 Å². The van der Waals surface area contributed by atoms with Gasteiger partial charge in [-0.15, -0.1) is 0 Å². The maximum absolute atomic E-state index is 12.5. The lowest BCUT2D eigenvalue weighted by Crippen LogP contribution is -2.15. The molecule has 1 N–H and O–H groups in total. The molecule has 7 heteroatoms. The fourth-order valence-electron chi connectivity index (χ4n) is 1.38. The highest BCUT2D eigenvalue weighted by atomic mass is 32.2. The molecule has 0 bridgehead atoms. The minimum absolute atomic E-state index is 0.446. The number of hydrogen-bond acceptors (Lipinski definition) is 3. The number of alkyl halides is 3. The Morgan fingerprint density at radius 3 is 2.50 bits per heavy atom. The minimum Gasteiger partial charge on any atom is -0.331 e. The number of thiocarbonyl (C=S) groups is 2. The smallest absolute Gasteiger partial charge is 0.331 e. The zero-order valence-corrected chi connectivity index (χ0v) is 11.2. The quantitative estimate of drug-likeness (QED) is 0.621. The maximum Gasteiger partial charge on any atom is 0.416 e. The van der Waals surface area contributed by atoms with E-state index >= 15 is 0 Å². The van der Waals surface area contributed by atoms with Gasteiger partial charge in [-0.25, -0.2) is 0 Å². The number of nitrogens with one attached hydrogen (secondary N) is 1. The molecule has 1 heterocycles. The molecule has 18 heavy (non-hydrogen) atoms. The Morgan fingerprint density at radius 2 is 1.94 bits per heavy atom. The highest BCUT2D eigenvalue weighted by Gasteiger charge is 2.30. The van der Waals surface area contributed by atoms with E-state index in [4.69, 9.17) is 24.4 Å². The van der Waals surface area contributed by atoms with Gasteiger partial charge in [-0.05, 0) is 23.8 Å². The lowest BCUT2D eigenvalue weighted by atomic mass is 10.1. The zero-order valence-electron chi connectivity index (χ0n) is 8.75. The van der Waals surface area contributed by atoms with Crippen LogP contribution in [0.5, 0.6) is 0 Å². The third-order valence-electron chi connectivity index (χ3n) is 2.15. The van der Waals surface area contributed by atoms with Crippen molar-refractivity contribution in [2.75, 3.05) is 0 Å². The number of rotatable bonds is 1. The summed E-state index contributed by atoms with van der Waals surface area (Å²) in [5, 5.41) is 2.77. The van der Waals surface area contributed by atoms with Gasteiger partial charge < -0.3 is 5.32 Å². The van der Waals surface area contributed by atoms with E-state index in [1.165, 1.54) is 17.8 Å². The van der Waals surface area contributed by atoms with Crippen molar-refractivity contribution >= 4 is 51.6 Å².